The molecule has 0 unspecified atom stereocenters. The number of anilines is 3. The normalized spacial score (nSPS) is 15.5. The van der Waals surface area contributed by atoms with Crippen LogP contribution in [0.5, 0.6) is 5.75 Å². The second-order valence-corrected chi connectivity index (χ2v) is 9.57. The van der Waals surface area contributed by atoms with Crippen molar-refractivity contribution in [1.29, 1.82) is 0 Å². The summed E-state index contributed by atoms with van der Waals surface area (Å²) in [5.74, 6) is 2.62. The maximum absolute atomic E-state index is 13.1. The first kappa shape index (κ1) is 23.9. The predicted octanol–water partition coefficient (Wildman–Crippen LogP) is 3.01. The van der Waals surface area contributed by atoms with Crippen molar-refractivity contribution in [2.75, 3.05) is 68.6 Å². The third-order valence-electron chi connectivity index (χ3n) is 7.00. The van der Waals surface area contributed by atoms with Gasteiger partial charge in [0.25, 0.3) is 0 Å². The number of fused-ring (bicyclic) bond motifs is 1. The molecule has 1 aromatic heterocycles. The van der Waals surface area contributed by atoms with Gasteiger partial charge in [0.05, 0.1) is 25.8 Å². The number of carbonyl (C=O) groups is 1. The van der Waals surface area contributed by atoms with Crippen LogP contribution in [-0.2, 0) is 24.2 Å². The highest BCUT2D eigenvalue weighted by Gasteiger charge is 2.28. The van der Waals surface area contributed by atoms with Crippen LogP contribution in [-0.4, -0.2) is 74.7 Å². The number of hydrogen-bond donors (Lipinski definition) is 0. The van der Waals surface area contributed by atoms with Crippen molar-refractivity contribution < 1.29 is 9.53 Å². The molecule has 0 bridgehead atoms. The molecule has 8 heteroatoms. The summed E-state index contributed by atoms with van der Waals surface area (Å²) in [6, 6.07) is 18.2. The fraction of sp³-hybridized carbons (Fsp3) is 0.393. The number of rotatable bonds is 6. The van der Waals surface area contributed by atoms with Gasteiger partial charge in [0.15, 0.2) is 0 Å². The molecule has 1 fully saturated rings. The largest absolute Gasteiger partial charge is 0.497 e. The highest BCUT2D eigenvalue weighted by Crippen LogP contribution is 2.29. The molecular weight excluding hydrogens is 452 g/mol. The topological polar surface area (TPSA) is 65.0 Å². The van der Waals surface area contributed by atoms with Crippen LogP contribution < -0.4 is 19.4 Å². The molecule has 2 aliphatic rings. The molecule has 1 saturated heterocycles. The van der Waals surface area contributed by atoms with Gasteiger partial charge in [0, 0.05) is 64.5 Å². The van der Waals surface area contributed by atoms with Crippen molar-refractivity contribution in [2.45, 2.75) is 19.4 Å². The van der Waals surface area contributed by atoms with Crippen molar-refractivity contribution in [3.05, 3.63) is 71.4 Å². The molecular formula is C28H34N6O2. The Balaban J connectivity index is 1.29. The minimum Gasteiger partial charge on any atom is -0.497 e. The van der Waals surface area contributed by atoms with E-state index in [4.69, 9.17) is 14.7 Å². The molecule has 5 rings (SSSR count). The lowest BCUT2D eigenvalue weighted by Crippen LogP contribution is -2.47. The Labute approximate surface area is 213 Å². The Morgan fingerprint density at radius 2 is 1.61 bits per heavy atom. The lowest BCUT2D eigenvalue weighted by molar-refractivity contribution is -0.131. The Morgan fingerprint density at radius 3 is 2.28 bits per heavy atom. The van der Waals surface area contributed by atoms with E-state index in [1.54, 1.807) is 7.11 Å². The van der Waals surface area contributed by atoms with Gasteiger partial charge in [0.1, 0.15) is 11.6 Å². The molecule has 0 saturated carbocycles. The molecule has 188 valence electrons. The van der Waals surface area contributed by atoms with Crippen LogP contribution in [0.3, 0.4) is 0 Å². The molecule has 2 aliphatic heterocycles. The minimum atomic E-state index is 0.122. The molecule has 0 radical (unpaired) electrons. The van der Waals surface area contributed by atoms with Crippen LogP contribution in [0.1, 0.15) is 16.8 Å². The SMILES string of the molecule is COc1ccc(CC(=O)N2CCc3nc(N4CCN(c5ccccc5)CC4)nc(N(C)C)c3C2)cc1. The Hall–Kier alpha value is -3.81. The lowest BCUT2D eigenvalue weighted by atomic mass is 10.0. The Morgan fingerprint density at radius 1 is 0.917 bits per heavy atom. The predicted molar refractivity (Wildman–Crippen MR) is 143 cm³/mol. The van der Waals surface area contributed by atoms with Crippen LogP contribution in [0.4, 0.5) is 17.5 Å². The zero-order valence-corrected chi connectivity index (χ0v) is 21.4. The van der Waals surface area contributed by atoms with Crippen molar-refractivity contribution in [3.8, 4) is 5.75 Å². The minimum absolute atomic E-state index is 0.122. The molecule has 0 spiro atoms. The summed E-state index contributed by atoms with van der Waals surface area (Å²) in [4.78, 5) is 31.7. The van der Waals surface area contributed by atoms with Gasteiger partial charge in [-0.1, -0.05) is 30.3 Å². The van der Waals surface area contributed by atoms with E-state index in [0.29, 0.717) is 19.5 Å². The first-order valence-electron chi connectivity index (χ1n) is 12.5. The Kier molecular flexibility index (Phi) is 6.93. The highest BCUT2D eigenvalue weighted by atomic mass is 16.5. The van der Waals surface area contributed by atoms with Crippen molar-refractivity contribution in [3.63, 3.8) is 0 Å². The first-order valence-corrected chi connectivity index (χ1v) is 12.5. The number of para-hydroxylation sites is 1. The summed E-state index contributed by atoms with van der Waals surface area (Å²) in [5.41, 5.74) is 4.36. The van der Waals surface area contributed by atoms with Gasteiger partial charge in [-0.15, -0.1) is 0 Å². The number of piperazine rings is 1. The van der Waals surface area contributed by atoms with Crippen LogP contribution >= 0.6 is 0 Å². The second-order valence-electron chi connectivity index (χ2n) is 9.57. The molecule has 3 heterocycles. The molecule has 2 aromatic carbocycles. The van der Waals surface area contributed by atoms with Crippen LogP contribution in [0.15, 0.2) is 54.6 Å². The zero-order chi connectivity index (χ0) is 25.1. The van der Waals surface area contributed by atoms with E-state index in [1.165, 1.54) is 5.69 Å². The average molecular weight is 487 g/mol. The molecule has 0 atom stereocenters. The first-order chi connectivity index (χ1) is 17.5. The highest BCUT2D eigenvalue weighted by molar-refractivity contribution is 5.79. The standard InChI is InChI=1S/C28H34N6O2/c1-31(2)27-24-20-34(26(35)19-21-9-11-23(36-3)12-10-21)14-13-25(24)29-28(30-27)33-17-15-32(16-18-33)22-7-5-4-6-8-22/h4-12H,13-20H2,1-3H3. The molecule has 1 amide bonds. The maximum Gasteiger partial charge on any atom is 0.227 e. The van der Waals surface area contributed by atoms with E-state index in [1.807, 2.05) is 48.2 Å². The van der Waals surface area contributed by atoms with Crippen LogP contribution in [0.25, 0.3) is 0 Å². The van der Waals surface area contributed by atoms with Crippen LogP contribution in [0.2, 0.25) is 0 Å². The lowest BCUT2D eigenvalue weighted by Gasteiger charge is -2.37. The number of carbonyl (C=O) groups excluding carboxylic acids is 1. The fourth-order valence-corrected chi connectivity index (χ4v) is 4.94. The monoisotopic (exact) mass is 486 g/mol. The number of hydrogen-bond acceptors (Lipinski definition) is 7. The number of methoxy groups -OCH3 is 1. The van der Waals surface area contributed by atoms with Crippen molar-refractivity contribution in [1.82, 2.24) is 14.9 Å². The van der Waals surface area contributed by atoms with E-state index in [9.17, 15) is 4.79 Å². The average Bonchev–Trinajstić information content (AvgIpc) is 2.93. The van der Waals surface area contributed by atoms with E-state index >= 15 is 0 Å². The zero-order valence-electron chi connectivity index (χ0n) is 21.4. The fourth-order valence-electron chi connectivity index (χ4n) is 4.94. The van der Waals surface area contributed by atoms with Crippen molar-refractivity contribution >= 4 is 23.4 Å². The van der Waals surface area contributed by atoms with Gasteiger partial charge >= 0.3 is 0 Å². The van der Waals surface area contributed by atoms with Gasteiger partial charge < -0.3 is 24.3 Å². The number of ether oxygens (including phenoxy) is 1. The van der Waals surface area contributed by atoms with E-state index < -0.39 is 0 Å². The molecule has 36 heavy (non-hydrogen) atoms. The summed E-state index contributed by atoms with van der Waals surface area (Å²) in [6.07, 6.45) is 1.12. The summed E-state index contributed by atoms with van der Waals surface area (Å²) in [6.45, 7) is 4.86. The van der Waals surface area contributed by atoms with Gasteiger partial charge in [-0.05, 0) is 29.8 Å². The van der Waals surface area contributed by atoms with E-state index in [-0.39, 0.29) is 5.91 Å². The second kappa shape index (κ2) is 10.4. The summed E-state index contributed by atoms with van der Waals surface area (Å²) >= 11 is 0. The van der Waals surface area contributed by atoms with E-state index in [0.717, 1.165) is 66.9 Å². The van der Waals surface area contributed by atoms with Gasteiger partial charge in [-0.2, -0.15) is 4.98 Å². The molecule has 0 N–H and O–H groups in total. The quantitative estimate of drug-likeness (QED) is 0.531. The summed E-state index contributed by atoms with van der Waals surface area (Å²) in [5, 5.41) is 0. The van der Waals surface area contributed by atoms with Gasteiger partial charge in [-0.3, -0.25) is 4.79 Å². The summed E-state index contributed by atoms with van der Waals surface area (Å²) in [7, 11) is 5.67. The van der Waals surface area contributed by atoms with Crippen molar-refractivity contribution in [2.24, 2.45) is 0 Å². The third kappa shape index (κ3) is 5.08. The van der Waals surface area contributed by atoms with Crippen LogP contribution in [0, 0.1) is 0 Å². The third-order valence-corrected chi connectivity index (χ3v) is 7.00. The molecule has 3 aromatic rings. The number of amides is 1. The molecule has 0 aliphatic carbocycles. The number of benzene rings is 2. The summed E-state index contributed by atoms with van der Waals surface area (Å²) < 4.78 is 5.22. The smallest absolute Gasteiger partial charge is 0.227 e. The number of nitrogens with zero attached hydrogens (tertiary/aromatic N) is 6. The van der Waals surface area contributed by atoms with Gasteiger partial charge in [0.2, 0.25) is 11.9 Å². The number of aromatic nitrogens is 2. The van der Waals surface area contributed by atoms with E-state index in [2.05, 4.69) is 40.1 Å². The maximum atomic E-state index is 13.1. The molecule has 8 nitrogen and oxygen atoms in total. The Bertz CT molecular complexity index is 1190. The van der Waals surface area contributed by atoms with Gasteiger partial charge in [-0.25, -0.2) is 4.98 Å².